The van der Waals surface area contributed by atoms with Gasteiger partial charge in [0.25, 0.3) is 0 Å². The minimum atomic E-state index is -0.726. The summed E-state index contributed by atoms with van der Waals surface area (Å²) in [6, 6.07) is 7.18. The smallest absolute Gasteiger partial charge is 0.408 e. The Kier molecular flexibility index (Phi) is 8.03. The van der Waals surface area contributed by atoms with E-state index in [1.54, 1.807) is 25.7 Å². The molecule has 0 radical (unpaired) electrons. The highest BCUT2D eigenvalue weighted by Crippen LogP contribution is 2.40. The van der Waals surface area contributed by atoms with Crippen molar-refractivity contribution in [3.63, 3.8) is 0 Å². The molecule has 2 fully saturated rings. The number of ether oxygens (including phenoxy) is 1. The van der Waals surface area contributed by atoms with Crippen LogP contribution in [-0.2, 0) is 14.3 Å². The van der Waals surface area contributed by atoms with Crippen LogP contribution in [0, 0.1) is 12.8 Å². The minimum absolute atomic E-state index is 0.0265. The molecule has 0 saturated heterocycles. The number of aryl methyl sites for hydroxylation is 1. The Balaban J connectivity index is 1.81. The molecule has 7 heteroatoms. The van der Waals surface area contributed by atoms with Gasteiger partial charge >= 0.3 is 6.09 Å². The zero-order valence-corrected chi connectivity index (χ0v) is 20.6. The Morgan fingerprint density at radius 3 is 2.24 bits per heavy atom. The highest BCUT2D eigenvalue weighted by Gasteiger charge is 2.46. The molecular formula is C26H39N3O4. The summed E-state index contributed by atoms with van der Waals surface area (Å²) in [6.45, 7) is 9.19. The Morgan fingerprint density at radius 1 is 1.09 bits per heavy atom. The van der Waals surface area contributed by atoms with Crippen LogP contribution in [0.4, 0.5) is 4.79 Å². The maximum absolute atomic E-state index is 13.6. The average molecular weight is 458 g/mol. The van der Waals surface area contributed by atoms with Crippen LogP contribution in [0.15, 0.2) is 24.3 Å². The van der Waals surface area contributed by atoms with Gasteiger partial charge in [-0.15, -0.1) is 0 Å². The van der Waals surface area contributed by atoms with Gasteiger partial charge in [0.15, 0.2) is 0 Å². The minimum Gasteiger partial charge on any atom is -0.444 e. The lowest BCUT2D eigenvalue weighted by Crippen LogP contribution is -2.50. The summed E-state index contributed by atoms with van der Waals surface area (Å²) in [6.07, 6.45) is 5.58. The van der Waals surface area contributed by atoms with E-state index in [9.17, 15) is 14.4 Å². The van der Waals surface area contributed by atoms with Crippen molar-refractivity contribution in [2.75, 3.05) is 6.54 Å². The van der Waals surface area contributed by atoms with Crippen molar-refractivity contribution < 1.29 is 19.1 Å². The van der Waals surface area contributed by atoms with E-state index in [0.29, 0.717) is 5.92 Å². The average Bonchev–Trinajstić information content (AvgIpc) is 3.46. The van der Waals surface area contributed by atoms with Gasteiger partial charge in [0, 0.05) is 12.1 Å². The Bertz CT molecular complexity index is 840. The molecule has 3 atom stereocenters. The summed E-state index contributed by atoms with van der Waals surface area (Å²) in [7, 11) is 0. The van der Waals surface area contributed by atoms with Crippen LogP contribution in [0.2, 0.25) is 0 Å². The first-order valence-corrected chi connectivity index (χ1v) is 12.2. The van der Waals surface area contributed by atoms with E-state index >= 15 is 0 Å². The van der Waals surface area contributed by atoms with Gasteiger partial charge in [-0.05, 0) is 58.4 Å². The van der Waals surface area contributed by atoms with Crippen molar-refractivity contribution in [2.45, 2.75) is 96.9 Å². The first kappa shape index (κ1) is 25.1. The van der Waals surface area contributed by atoms with Crippen molar-refractivity contribution in [3.05, 3.63) is 35.4 Å². The number of nitrogens with zero attached hydrogens (tertiary/aromatic N) is 1. The zero-order chi connectivity index (χ0) is 24.2. The molecule has 2 N–H and O–H groups in total. The second-order valence-corrected chi connectivity index (χ2v) is 10.6. The lowest BCUT2D eigenvalue weighted by atomic mass is 9.94. The summed E-state index contributed by atoms with van der Waals surface area (Å²) in [5, 5.41) is 5.78. The van der Waals surface area contributed by atoms with Gasteiger partial charge < -0.3 is 20.3 Å². The number of hydrogen-bond donors (Lipinski definition) is 2. The second-order valence-electron chi connectivity index (χ2n) is 10.6. The summed E-state index contributed by atoms with van der Waals surface area (Å²) in [4.78, 5) is 40.8. The molecule has 7 nitrogen and oxygen atoms in total. The third-order valence-corrected chi connectivity index (χ3v) is 6.37. The van der Waals surface area contributed by atoms with Crippen molar-refractivity contribution >= 4 is 17.9 Å². The molecule has 1 aromatic rings. The molecule has 0 bridgehead atoms. The first-order valence-electron chi connectivity index (χ1n) is 12.2. The van der Waals surface area contributed by atoms with E-state index in [-0.39, 0.29) is 30.4 Å². The SMILES string of the molecule is Cc1ccc(C(C(=O)NC2CCCCC2)N(C(=O)CNC(=O)OC(C)(C)C)C2CC2C)cc1. The molecule has 3 unspecified atom stereocenters. The normalized spacial score (nSPS) is 21.6. The molecule has 2 saturated carbocycles. The van der Waals surface area contributed by atoms with Gasteiger partial charge in [-0.25, -0.2) is 4.79 Å². The predicted molar refractivity (Wildman–Crippen MR) is 128 cm³/mol. The largest absolute Gasteiger partial charge is 0.444 e. The molecule has 0 aromatic heterocycles. The maximum Gasteiger partial charge on any atom is 0.408 e. The Labute approximate surface area is 197 Å². The number of carbonyl (C=O) groups excluding carboxylic acids is 3. The molecule has 2 aliphatic rings. The number of rotatable bonds is 7. The second kappa shape index (κ2) is 10.6. The van der Waals surface area contributed by atoms with Crippen LogP contribution in [-0.4, -0.2) is 47.0 Å². The topological polar surface area (TPSA) is 87.7 Å². The van der Waals surface area contributed by atoms with Crippen molar-refractivity contribution in [1.82, 2.24) is 15.5 Å². The number of alkyl carbamates (subject to hydrolysis) is 1. The van der Waals surface area contributed by atoms with Crippen molar-refractivity contribution in [2.24, 2.45) is 5.92 Å². The standard InChI is InChI=1S/C26H39N3O4/c1-17-11-13-19(14-12-17)23(24(31)28-20-9-7-6-8-10-20)29(21-15-18(21)2)22(30)16-27-25(32)33-26(3,4)5/h11-14,18,20-21,23H,6-10,15-16H2,1-5H3,(H,27,32)(H,28,31). The summed E-state index contributed by atoms with van der Waals surface area (Å²) in [5.74, 6) is -0.110. The van der Waals surface area contributed by atoms with Crippen LogP contribution in [0.3, 0.4) is 0 Å². The van der Waals surface area contributed by atoms with Crippen LogP contribution < -0.4 is 10.6 Å². The predicted octanol–water partition coefficient (Wildman–Crippen LogP) is 4.25. The van der Waals surface area contributed by atoms with Gasteiger partial charge in [-0.1, -0.05) is 56.0 Å². The zero-order valence-electron chi connectivity index (χ0n) is 20.6. The van der Waals surface area contributed by atoms with E-state index in [1.807, 2.05) is 31.2 Å². The molecular weight excluding hydrogens is 418 g/mol. The van der Waals surface area contributed by atoms with E-state index in [0.717, 1.165) is 43.2 Å². The van der Waals surface area contributed by atoms with Gasteiger partial charge in [0.2, 0.25) is 11.8 Å². The maximum atomic E-state index is 13.6. The Morgan fingerprint density at radius 2 is 1.70 bits per heavy atom. The van der Waals surface area contributed by atoms with Gasteiger partial charge in [0.1, 0.15) is 18.2 Å². The molecule has 0 aliphatic heterocycles. The highest BCUT2D eigenvalue weighted by molar-refractivity contribution is 5.91. The van der Waals surface area contributed by atoms with E-state index < -0.39 is 17.7 Å². The van der Waals surface area contributed by atoms with Gasteiger partial charge in [0.05, 0.1) is 0 Å². The number of nitrogens with one attached hydrogen (secondary N) is 2. The number of benzene rings is 1. The van der Waals surface area contributed by atoms with Crippen molar-refractivity contribution in [3.8, 4) is 0 Å². The van der Waals surface area contributed by atoms with Crippen LogP contribution in [0.5, 0.6) is 0 Å². The molecule has 3 amide bonds. The lowest BCUT2D eigenvalue weighted by Gasteiger charge is -2.34. The molecule has 182 valence electrons. The quantitative estimate of drug-likeness (QED) is 0.641. The molecule has 0 heterocycles. The fourth-order valence-electron chi connectivity index (χ4n) is 4.48. The van der Waals surface area contributed by atoms with E-state index in [1.165, 1.54) is 6.42 Å². The van der Waals surface area contributed by atoms with E-state index in [2.05, 4.69) is 17.6 Å². The van der Waals surface area contributed by atoms with Gasteiger partial charge in [-0.2, -0.15) is 0 Å². The van der Waals surface area contributed by atoms with Crippen LogP contribution in [0.1, 0.15) is 83.4 Å². The highest BCUT2D eigenvalue weighted by atomic mass is 16.6. The Hall–Kier alpha value is -2.57. The monoisotopic (exact) mass is 457 g/mol. The van der Waals surface area contributed by atoms with Crippen LogP contribution in [0.25, 0.3) is 0 Å². The molecule has 0 spiro atoms. The molecule has 2 aliphatic carbocycles. The van der Waals surface area contributed by atoms with E-state index in [4.69, 9.17) is 4.74 Å². The summed E-state index contributed by atoms with van der Waals surface area (Å²) < 4.78 is 5.27. The van der Waals surface area contributed by atoms with Gasteiger partial charge in [-0.3, -0.25) is 9.59 Å². The third-order valence-electron chi connectivity index (χ3n) is 6.37. The van der Waals surface area contributed by atoms with Crippen molar-refractivity contribution in [1.29, 1.82) is 0 Å². The number of amides is 3. The third kappa shape index (κ3) is 7.21. The lowest BCUT2D eigenvalue weighted by molar-refractivity contribution is -0.141. The van der Waals surface area contributed by atoms with Crippen LogP contribution >= 0.6 is 0 Å². The molecule has 1 aromatic carbocycles. The number of carbonyl (C=O) groups is 3. The molecule has 3 rings (SSSR count). The fraction of sp³-hybridized carbons (Fsp3) is 0.654. The number of hydrogen-bond acceptors (Lipinski definition) is 4. The fourth-order valence-corrected chi connectivity index (χ4v) is 4.48. The summed E-state index contributed by atoms with van der Waals surface area (Å²) in [5.41, 5.74) is 1.23. The molecule has 33 heavy (non-hydrogen) atoms. The summed E-state index contributed by atoms with van der Waals surface area (Å²) >= 11 is 0. The first-order chi connectivity index (χ1) is 15.5.